The fourth-order valence-corrected chi connectivity index (χ4v) is 5.59. The molecule has 0 radical (unpaired) electrons. The molecule has 184 valence electrons. The molecule has 0 N–H and O–H groups in total. The summed E-state index contributed by atoms with van der Waals surface area (Å²) in [5.74, 6) is 2.58. The summed E-state index contributed by atoms with van der Waals surface area (Å²) in [5.41, 5.74) is 1.93. The standard InChI is InChI=1S/C27H29NO6S/c1-3-31-21-8-6-18(14-23(21)30-2)25-28-20(17-35-25)16-34-26(29)27(10-4-5-11-27)19-7-9-22-24(15-19)33-13-12-32-22/h6-9,14-15,17H,3-5,10-13,16H2,1-2H3. The van der Waals surface area contributed by atoms with E-state index in [1.165, 1.54) is 11.3 Å². The Morgan fingerprint density at radius 3 is 2.63 bits per heavy atom. The van der Waals surface area contributed by atoms with Crippen molar-refractivity contribution in [3.8, 4) is 33.6 Å². The summed E-state index contributed by atoms with van der Waals surface area (Å²) in [6.07, 6.45) is 3.51. The quantitative estimate of drug-likeness (QED) is 0.380. The summed E-state index contributed by atoms with van der Waals surface area (Å²) in [6.45, 7) is 3.69. The zero-order chi connectivity index (χ0) is 24.3. The van der Waals surface area contributed by atoms with Gasteiger partial charge in [0, 0.05) is 10.9 Å². The molecule has 7 nitrogen and oxygen atoms in total. The van der Waals surface area contributed by atoms with E-state index in [1.807, 2.05) is 48.7 Å². The number of carbonyl (C=O) groups excluding carboxylic acids is 1. The van der Waals surface area contributed by atoms with Crippen LogP contribution < -0.4 is 18.9 Å². The lowest BCUT2D eigenvalue weighted by molar-refractivity contribution is -0.152. The number of thiazole rings is 1. The van der Waals surface area contributed by atoms with E-state index < -0.39 is 5.41 Å². The molecular formula is C27H29NO6S. The van der Waals surface area contributed by atoms with Gasteiger partial charge in [-0.25, -0.2) is 4.98 Å². The Bertz CT molecular complexity index is 1200. The number of hydrogen-bond donors (Lipinski definition) is 0. The second-order valence-corrected chi connectivity index (χ2v) is 9.52. The Labute approximate surface area is 209 Å². The molecule has 0 unspecified atom stereocenters. The number of esters is 1. The van der Waals surface area contributed by atoms with Crippen LogP contribution in [0.2, 0.25) is 0 Å². The minimum atomic E-state index is -0.656. The minimum absolute atomic E-state index is 0.135. The van der Waals surface area contributed by atoms with E-state index in [4.69, 9.17) is 28.7 Å². The van der Waals surface area contributed by atoms with Gasteiger partial charge in [0.25, 0.3) is 0 Å². The highest BCUT2D eigenvalue weighted by atomic mass is 32.1. The predicted molar refractivity (Wildman–Crippen MR) is 133 cm³/mol. The molecule has 2 heterocycles. The Kier molecular flexibility index (Phi) is 6.81. The number of fused-ring (bicyclic) bond motifs is 1. The van der Waals surface area contributed by atoms with Crippen LogP contribution in [0.1, 0.15) is 43.9 Å². The van der Waals surface area contributed by atoms with Gasteiger partial charge in [-0.1, -0.05) is 18.9 Å². The van der Waals surface area contributed by atoms with Gasteiger partial charge < -0.3 is 23.7 Å². The fourth-order valence-electron chi connectivity index (χ4n) is 4.79. The second kappa shape index (κ2) is 10.2. The van der Waals surface area contributed by atoms with Crippen molar-refractivity contribution in [2.45, 2.75) is 44.6 Å². The highest BCUT2D eigenvalue weighted by Crippen LogP contribution is 2.45. The van der Waals surface area contributed by atoms with Crippen LogP contribution in [0.5, 0.6) is 23.0 Å². The maximum absolute atomic E-state index is 13.4. The largest absolute Gasteiger partial charge is 0.493 e. The third-order valence-corrected chi connectivity index (χ3v) is 7.50. The number of methoxy groups -OCH3 is 1. The number of carbonyl (C=O) groups is 1. The first-order valence-corrected chi connectivity index (χ1v) is 12.8. The lowest BCUT2D eigenvalue weighted by Crippen LogP contribution is -2.35. The molecule has 1 aliphatic carbocycles. The normalized spacial score (nSPS) is 16.1. The van der Waals surface area contributed by atoms with E-state index in [1.54, 1.807) is 7.11 Å². The molecule has 0 bridgehead atoms. The van der Waals surface area contributed by atoms with Crippen LogP contribution in [0.4, 0.5) is 0 Å². The van der Waals surface area contributed by atoms with Crippen LogP contribution in [0, 0.1) is 0 Å². The van der Waals surface area contributed by atoms with Crippen molar-refractivity contribution in [3.63, 3.8) is 0 Å². The van der Waals surface area contributed by atoms with Gasteiger partial charge in [0.2, 0.25) is 0 Å². The maximum atomic E-state index is 13.4. The number of nitrogens with zero attached hydrogens (tertiary/aromatic N) is 1. The Morgan fingerprint density at radius 2 is 1.86 bits per heavy atom. The molecule has 0 saturated heterocycles. The average Bonchev–Trinajstić information content (AvgIpc) is 3.58. The molecule has 3 aromatic rings. The van der Waals surface area contributed by atoms with Crippen LogP contribution in [0.15, 0.2) is 41.8 Å². The molecule has 5 rings (SSSR count). The molecule has 1 saturated carbocycles. The van der Waals surface area contributed by atoms with E-state index in [0.717, 1.165) is 53.3 Å². The van der Waals surface area contributed by atoms with Crippen LogP contribution >= 0.6 is 11.3 Å². The molecule has 2 aliphatic rings. The molecule has 2 aromatic carbocycles. The minimum Gasteiger partial charge on any atom is -0.493 e. The molecule has 0 spiro atoms. The van der Waals surface area contributed by atoms with Gasteiger partial charge in [-0.15, -0.1) is 11.3 Å². The summed E-state index contributed by atoms with van der Waals surface area (Å²) in [4.78, 5) is 18.1. The molecule has 0 atom stereocenters. The third kappa shape index (κ3) is 4.67. The lowest BCUT2D eigenvalue weighted by atomic mass is 9.78. The van der Waals surface area contributed by atoms with Crippen molar-refractivity contribution in [1.82, 2.24) is 4.98 Å². The number of aromatic nitrogens is 1. The van der Waals surface area contributed by atoms with E-state index in [2.05, 4.69) is 0 Å². The van der Waals surface area contributed by atoms with E-state index in [0.29, 0.717) is 37.1 Å². The number of hydrogen-bond acceptors (Lipinski definition) is 8. The van der Waals surface area contributed by atoms with Gasteiger partial charge in [-0.05, 0) is 55.7 Å². The SMILES string of the molecule is CCOc1ccc(-c2nc(COC(=O)C3(c4ccc5c(c4)OCCO5)CCCC3)cs2)cc1OC. The van der Waals surface area contributed by atoms with Crippen LogP contribution in [-0.2, 0) is 21.6 Å². The molecule has 8 heteroatoms. The monoisotopic (exact) mass is 495 g/mol. The Morgan fingerprint density at radius 1 is 1.06 bits per heavy atom. The van der Waals surface area contributed by atoms with E-state index in [9.17, 15) is 4.79 Å². The summed E-state index contributed by atoms with van der Waals surface area (Å²) >= 11 is 1.51. The smallest absolute Gasteiger partial charge is 0.316 e. The number of benzene rings is 2. The van der Waals surface area contributed by atoms with Crippen LogP contribution in [0.3, 0.4) is 0 Å². The predicted octanol–water partition coefficient (Wildman–Crippen LogP) is 5.54. The Balaban J connectivity index is 1.30. The molecule has 1 aromatic heterocycles. The van der Waals surface area contributed by atoms with Gasteiger partial charge in [0.05, 0.1) is 24.8 Å². The van der Waals surface area contributed by atoms with Crippen LogP contribution in [-0.4, -0.2) is 37.9 Å². The first kappa shape index (κ1) is 23.5. The summed E-state index contributed by atoms with van der Waals surface area (Å²) in [5, 5.41) is 2.76. The van der Waals surface area contributed by atoms with E-state index in [-0.39, 0.29) is 12.6 Å². The summed E-state index contributed by atoms with van der Waals surface area (Å²) in [7, 11) is 1.62. The first-order chi connectivity index (χ1) is 17.1. The summed E-state index contributed by atoms with van der Waals surface area (Å²) < 4.78 is 28.3. The number of ether oxygens (including phenoxy) is 5. The van der Waals surface area contributed by atoms with Crippen LogP contribution in [0.25, 0.3) is 10.6 Å². The highest BCUT2D eigenvalue weighted by molar-refractivity contribution is 7.13. The zero-order valence-corrected chi connectivity index (χ0v) is 20.8. The van der Waals surface area contributed by atoms with Gasteiger partial charge in [-0.3, -0.25) is 4.79 Å². The van der Waals surface area contributed by atoms with Crippen molar-refractivity contribution in [2.24, 2.45) is 0 Å². The topological polar surface area (TPSA) is 76.1 Å². The summed E-state index contributed by atoms with van der Waals surface area (Å²) in [6, 6.07) is 11.6. The van der Waals surface area contributed by atoms with Gasteiger partial charge in [0.1, 0.15) is 24.8 Å². The Hall–Kier alpha value is -3.26. The van der Waals surface area contributed by atoms with Crippen molar-refractivity contribution >= 4 is 17.3 Å². The van der Waals surface area contributed by atoms with Crippen molar-refractivity contribution in [3.05, 3.63) is 53.0 Å². The zero-order valence-electron chi connectivity index (χ0n) is 20.0. The van der Waals surface area contributed by atoms with Crippen molar-refractivity contribution in [1.29, 1.82) is 0 Å². The third-order valence-electron chi connectivity index (χ3n) is 6.56. The first-order valence-electron chi connectivity index (χ1n) is 12.0. The lowest BCUT2D eigenvalue weighted by Gasteiger charge is -2.28. The van der Waals surface area contributed by atoms with Gasteiger partial charge >= 0.3 is 5.97 Å². The number of rotatable bonds is 8. The molecule has 0 amide bonds. The average molecular weight is 496 g/mol. The molecule has 35 heavy (non-hydrogen) atoms. The van der Waals surface area contributed by atoms with Crippen molar-refractivity contribution in [2.75, 3.05) is 26.9 Å². The van der Waals surface area contributed by atoms with Gasteiger partial charge in [-0.2, -0.15) is 0 Å². The van der Waals surface area contributed by atoms with Crippen molar-refractivity contribution < 1.29 is 28.5 Å². The van der Waals surface area contributed by atoms with E-state index >= 15 is 0 Å². The molecular weight excluding hydrogens is 466 g/mol. The molecule has 1 fully saturated rings. The maximum Gasteiger partial charge on any atom is 0.316 e. The molecule has 1 aliphatic heterocycles. The fraction of sp³-hybridized carbons (Fsp3) is 0.407. The van der Waals surface area contributed by atoms with Gasteiger partial charge in [0.15, 0.2) is 23.0 Å². The second-order valence-electron chi connectivity index (χ2n) is 8.67. The highest BCUT2D eigenvalue weighted by Gasteiger charge is 2.44.